The van der Waals surface area contributed by atoms with Crippen LogP contribution >= 0.6 is 27.5 Å². The second kappa shape index (κ2) is 6.16. The van der Waals surface area contributed by atoms with E-state index in [9.17, 15) is 4.79 Å². The van der Waals surface area contributed by atoms with Crippen LogP contribution in [0, 0.1) is 0 Å². The van der Waals surface area contributed by atoms with Crippen molar-refractivity contribution in [2.24, 2.45) is 0 Å². The number of aromatic nitrogens is 1. The molecule has 1 fully saturated rings. The zero-order valence-corrected chi connectivity index (χ0v) is 13.6. The van der Waals surface area contributed by atoms with Gasteiger partial charge in [-0.3, -0.25) is 4.79 Å². The van der Waals surface area contributed by atoms with Gasteiger partial charge in [0.15, 0.2) is 0 Å². The molecule has 1 aliphatic rings. The SMILES string of the molecule is O=C(c1cccc(Cl)n1)N(Cc1ccccc1Br)C1CC1. The molecule has 0 bridgehead atoms. The maximum atomic E-state index is 12.7. The molecule has 1 aliphatic carbocycles. The zero-order chi connectivity index (χ0) is 14.8. The molecule has 0 aliphatic heterocycles. The molecule has 21 heavy (non-hydrogen) atoms. The molecule has 0 radical (unpaired) electrons. The largest absolute Gasteiger partial charge is 0.330 e. The van der Waals surface area contributed by atoms with Crippen LogP contribution in [0.3, 0.4) is 0 Å². The molecule has 2 aromatic rings. The Kier molecular flexibility index (Phi) is 4.27. The van der Waals surface area contributed by atoms with Gasteiger partial charge in [0.2, 0.25) is 0 Å². The van der Waals surface area contributed by atoms with Gasteiger partial charge in [-0.15, -0.1) is 0 Å². The highest BCUT2D eigenvalue weighted by atomic mass is 79.9. The number of nitrogens with zero attached hydrogens (tertiary/aromatic N) is 2. The third-order valence-corrected chi connectivity index (χ3v) is 4.47. The highest BCUT2D eigenvalue weighted by Gasteiger charge is 2.33. The number of rotatable bonds is 4. The van der Waals surface area contributed by atoms with Gasteiger partial charge < -0.3 is 4.90 Å². The molecule has 5 heteroatoms. The molecule has 0 unspecified atom stereocenters. The predicted molar refractivity (Wildman–Crippen MR) is 86.3 cm³/mol. The van der Waals surface area contributed by atoms with Gasteiger partial charge in [0.05, 0.1) is 0 Å². The summed E-state index contributed by atoms with van der Waals surface area (Å²) in [5.41, 5.74) is 1.50. The summed E-state index contributed by atoms with van der Waals surface area (Å²) in [4.78, 5) is 18.7. The summed E-state index contributed by atoms with van der Waals surface area (Å²) in [7, 11) is 0. The summed E-state index contributed by atoms with van der Waals surface area (Å²) in [6.07, 6.45) is 2.10. The Hall–Kier alpha value is -1.39. The number of benzene rings is 1. The van der Waals surface area contributed by atoms with E-state index in [2.05, 4.69) is 20.9 Å². The van der Waals surface area contributed by atoms with E-state index in [0.717, 1.165) is 22.9 Å². The monoisotopic (exact) mass is 364 g/mol. The van der Waals surface area contributed by atoms with E-state index in [1.165, 1.54) is 0 Å². The maximum absolute atomic E-state index is 12.7. The van der Waals surface area contributed by atoms with Crippen molar-refractivity contribution < 1.29 is 4.79 Å². The Morgan fingerprint density at radius 3 is 2.67 bits per heavy atom. The molecular weight excluding hydrogens is 352 g/mol. The normalized spacial score (nSPS) is 14.0. The molecule has 0 saturated heterocycles. The van der Waals surface area contributed by atoms with E-state index in [-0.39, 0.29) is 5.91 Å². The molecule has 0 N–H and O–H groups in total. The van der Waals surface area contributed by atoms with E-state index in [1.807, 2.05) is 29.2 Å². The number of pyridine rings is 1. The van der Waals surface area contributed by atoms with E-state index in [1.54, 1.807) is 18.2 Å². The Bertz CT molecular complexity index is 673. The van der Waals surface area contributed by atoms with Crippen molar-refractivity contribution in [3.8, 4) is 0 Å². The van der Waals surface area contributed by atoms with Gasteiger partial charge in [-0.2, -0.15) is 0 Å². The number of carbonyl (C=O) groups is 1. The van der Waals surface area contributed by atoms with E-state index in [4.69, 9.17) is 11.6 Å². The topological polar surface area (TPSA) is 33.2 Å². The van der Waals surface area contributed by atoms with Crippen molar-refractivity contribution in [1.29, 1.82) is 0 Å². The third-order valence-electron chi connectivity index (χ3n) is 3.48. The van der Waals surface area contributed by atoms with Crippen molar-refractivity contribution in [2.45, 2.75) is 25.4 Å². The highest BCUT2D eigenvalue weighted by molar-refractivity contribution is 9.10. The van der Waals surface area contributed by atoms with E-state index in [0.29, 0.717) is 23.4 Å². The lowest BCUT2D eigenvalue weighted by Gasteiger charge is -2.22. The fraction of sp³-hybridized carbons (Fsp3) is 0.250. The average Bonchev–Trinajstić information content (AvgIpc) is 3.30. The minimum absolute atomic E-state index is 0.0595. The number of carbonyl (C=O) groups excluding carboxylic acids is 1. The van der Waals surface area contributed by atoms with Gasteiger partial charge in [0, 0.05) is 17.1 Å². The predicted octanol–water partition coefficient (Wildman–Crippen LogP) is 4.30. The fourth-order valence-electron chi connectivity index (χ4n) is 2.24. The molecule has 1 aromatic heterocycles. The lowest BCUT2D eigenvalue weighted by atomic mass is 10.2. The highest BCUT2D eigenvalue weighted by Crippen LogP contribution is 2.31. The van der Waals surface area contributed by atoms with Crippen molar-refractivity contribution >= 4 is 33.4 Å². The number of halogens is 2. The van der Waals surface area contributed by atoms with Gasteiger partial charge in [0.25, 0.3) is 5.91 Å². The van der Waals surface area contributed by atoms with Crippen LogP contribution in [-0.4, -0.2) is 21.8 Å². The number of hydrogen-bond donors (Lipinski definition) is 0. The molecule has 1 saturated carbocycles. The Morgan fingerprint density at radius 1 is 1.24 bits per heavy atom. The maximum Gasteiger partial charge on any atom is 0.273 e. The summed E-state index contributed by atoms with van der Waals surface area (Å²) in [6, 6.07) is 13.4. The average molecular weight is 366 g/mol. The van der Waals surface area contributed by atoms with Crippen LogP contribution in [0.1, 0.15) is 28.9 Å². The molecule has 1 heterocycles. The first-order valence-electron chi connectivity index (χ1n) is 6.82. The smallest absolute Gasteiger partial charge is 0.273 e. The quantitative estimate of drug-likeness (QED) is 0.757. The molecule has 0 spiro atoms. The lowest BCUT2D eigenvalue weighted by molar-refractivity contribution is 0.0723. The van der Waals surface area contributed by atoms with E-state index >= 15 is 0 Å². The van der Waals surface area contributed by atoms with Gasteiger partial charge >= 0.3 is 0 Å². The summed E-state index contributed by atoms with van der Waals surface area (Å²) in [5.74, 6) is -0.0595. The first-order valence-corrected chi connectivity index (χ1v) is 7.99. The second-order valence-electron chi connectivity index (χ2n) is 5.10. The van der Waals surface area contributed by atoms with Crippen molar-refractivity contribution in [3.63, 3.8) is 0 Å². The van der Waals surface area contributed by atoms with Crippen LogP contribution in [0.5, 0.6) is 0 Å². The van der Waals surface area contributed by atoms with Crippen molar-refractivity contribution in [1.82, 2.24) is 9.88 Å². The second-order valence-corrected chi connectivity index (χ2v) is 6.34. The van der Waals surface area contributed by atoms with Crippen molar-refractivity contribution in [3.05, 3.63) is 63.3 Å². The zero-order valence-electron chi connectivity index (χ0n) is 11.3. The molecule has 108 valence electrons. The number of amides is 1. The Morgan fingerprint density at radius 2 is 2.00 bits per heavy atom. The van der Waals surface area contributed by atoms with Crippen LogP contribution in [0.15, 0.2) is 46.9 Å². The summed E-state index contributed by atoms with van der Waals surface area (Å²) < 4.78 is 1.02. The standard InChI is InChI=1S/C16H14BrClN2O/c17-13-5-2-1-4-11(13)10-20(12-8-9-12)16(21)14-6-3-7-15(18)19-14/h1-7,12H,8-10H2. The van der Waals surface area contributed by atoms with Crippen LogP contribution in [-0.2, 0) is 6.54 Å². The third kappa shape index (κ3) is 3.44. The summed E-state index contributed by atoms with van der Waals surface area (Å²) in [6.45, 7) is 0.582. The van der Waals surface area contributed by atoms with Crippen molar-refractivity contribution in [2.75, 3.05) is 0 Å². The first-order chi connectivity index (χ1) is 10.1. The Balaban J connectivity index is 1.85. The fourth-order valence-corrected chi connectivity index (χ4v) is 2.81. The first kappa shape index (κ1) is 14.5. The van der Waals surface area contributed by atoms with Gasteiger partial charge in [0.1, 0.15) is 10.8 Å². The van der Waals surface area contributed by atoms with Crippen LogP contribution in [0.2, 0.25) is 5.15 Å². The van der Waals surface area contributed by atoms with Crippen LogP contribution in [0.4, 0.5) is 0 Å². The summed E-state index contributed by atoms with van der Waals surface area (Å²) >= 11 is 9.42. The molecule has 0 atom stereocenters. The van der Waals surface area contributed by atoms with Crippen LogP contribution in [0.25, 0.3) is 0 Å². The van der Waals surface area contributed by atoms with E-state index < -0.39 is 0 Å². The lowest BCUT2D eigenvalue weighted by Crippen LogP contribution is -2.33. The van der Waals surface area contributed by atoms with Gasteiger partial charge in [-0.1, -0.05) is 51.8 Å². The summed E-state index contributed by atoms with van der Waals surface area (Å²) in [5, 5.41) is 0.345. The molecular formula is C16H14BrClN2O. The minimum atomic E-state index is -0.0595. The van der Waals surface area contributed by atoms with Gasteiger partial charge in [-0.05, 0) is 36.6 Å². The number of hydrogen-bond acceptors (Lipinski definition) is 2. The molecule has 3 nitrogen and oxygen atoms in total. The molecule has 1 aromatic carbocycles. The minimum Gasteiger partial charge on any atom is -0.330 e. The van der Waals surface area contributed by atoms with Crippen LogP contribution < -0.4 is 0 Å². The molecule has 1 amide bonds. The Labute approximate surface area is 137 Å². The molecule has 3 rings (SSSR count). The van der Waals surface area contributed by atoms with Gasteiger partial charge in [-0.25, -0.2) is 4.98 Å².